The summed E-state index contributed by atoms with van der Waals surface area (Å²) in [5.41, 5.74) is 0.136. The lowest BCUT2D eigenvalue weighted by Gasteiger charge is -2.20. The number of nitrogens with one attached hydrogen (secondary N) is 1. The summed E-state index contributed by atoms with van der Waals surface area (Å²) in [4.78, 5) is 11.7. The van der Waals surface area contributed by atoms with E-state index in [1.807, 2.05) is 51.1 Å². The minimum Gasteiger partial charge on any atom is -0.444 e. The van der Waals surface area contributed by atoms with E-state index >= 15 is 0 Å². The monoisotopic (exact) mass is 242 g/mol. The number of amides is 1. The lowest BCUT2D eigenvalue weighted by molar-refractivity contribution is 0.0636. The highest BCUT2D eigenvalue weighted by Crippen LogP contribution is 2.23. The highest BCUT2D eigenvalue weighted by molar-refractivity contribution is 5.99. The lowest BCUT2D eigenvalue weighted by Crippen LogP contribution is -2.27. The fourth-order valence-corrected chi connectivity index (χ4v) is 1.67. The van der Waals surface area contributed by atoms with Crippen molar-refractivity contribution in [2.24, 2.45) is 0 Å². The number of rotatable bonds is 1. The van der Waals surface area contributed by atoms with Gasteiger partial charge in [0.15, 0.2) is 0 Å². The largest absolute Gasteiger partial charge is 0.444 e. The zero-order valence-corrected chi connectivity index (χ0v) is 10.8. The van der Waals surface area contributed by atoms with Crippen molar-refractivity contribution in [3.8, 4) is 0 Å². The number of carbonyl (C=O) groups is 1. The van der Waals surface area contributed by atoms with Gasteiger partial charge in [0.05, 0.1) is 5.69 Å². The minimum absolute atomic E-state index is 0.463. The first-order valence-corrected chi connectivity index (χ1v) is 5.85. The predicted molar refractivity (Wildman–Crippen MR) is 72.6 cm³/mol. The lowest BCUT2D eigenvalue weighted by atomic mass is 10.1. The van der Waals surface area contributed by atoms with Crippen LogP contribution in [0.15, 0.2) is 36.4 Å². The summed E-state index contributed by atoms with van der Waals surface area (Å²) in [6.07, 6.45) is -0.463. The average molecular weight is 242 g/mol. The number of carbonyl (C=O) groups excluding carboxylic acids is 1. The molecule has 0 unspecified atom stereocenters. The number of ether oxygens (including phenoxy) is 1. The van der Waals surface area contributed by atoms with E-state index in [0.717, 1.165) is 10.8 Å². The van der Waals surface area contributed by atoms with Gasteiger partial charge in [-0.2, -0.15) is 0 Å². The second-order valence-electron chi connectivity index (χ2n) is 5.07. The normalized spacial score (nSPS) is 11.3. The van der Waals surface area contributed by atoms with Gasteiger partial charge in [0.2, 0.25) is 0 Å². The third-order valence-electron chi connectivity index (χ3n) is 2.35. The zero-order valence-electron chi connectivity index (χ0n) is 10.8. The Balaban J connectivity index is 2.24. The summed E-state index contributed by atoms with van der Waals surface area (Å²) in [5, 5.41) is 4.73. The van der Waals surface area contributed by atoms with Gasteiger partial charge in [-0.3, -0.25) is 5.32 Å². The number of fused-ring (bicyclic) bond motifs is 1. The topological polar surface area (TPSA) is 38.3 Å². The molecule has 0 atom stereocenters. The molecule has 1 radical (unpaired) electrons. The molecule has 0 fully saturated rings. The molecule has 0 aliphatic carbocycles. The Kier molecular flexibility index (Phi) is 3.24. The van der Waals surface area contributed by atoms with Crippen molar-refractivity contribution in [2.45, 2.75) is 26.4 Å². The number of anilines is 1. The van der Waals surface area contributed by atoms with E-state index < -0.39 is 11.7 Å². The van der Waals surface area contributed by atoms with Gasteiger partial charge in [-0.05, 0) is 26.2 Å². The molecule has 0 saturated carbocycles. The van der Waals surface area contributed by atoms with Gasteiger partial charge in [0, 0.05) is 11.5 Å². The molecule has 0 aliphatic heterocycles. The Hall–Kier alpha value is -2.03. The van der Waals surface area contributed by atoms with Crippen LogP contribution in [0.2, 0.25) is 0 Å². The maximum atomic E-state index is 11.7. The van der Waals surface area contributed by atoms with Crippen LogP contribution < -0.4 is 5.32 Å². The Morgan fingerprint density at radius 3 is 2.67 bits per heavy atom. The Labute approximate surface area is 107 Å². The molecule has 2 aromatic carbocycles. The van der Waals surface area contributed by atoms with Crippen LogP contribution in [-0.4, -0.2) is 11.7 Å². The molecular formula is C15H16NO2. The van der Waals surface area contributed by atoms with Crippen LogP contribution in [0.1, 0.15) is 20.8 Å². The van der Waals surface area contributed by atoms with Gasteiger partial charge in [-0.25, -0.2) is 4.79 Å². The third kappa shape index (κ3) is 3.00. The highest BCUT2D eigenvalue weighted by atomic mass is 16.6. The van der Waals surface area contributed by atoms with Gasteiger partial charge in [0.25, 0.3) is 0 Å². The van der Waals surface area contributed by atoms with Crippen LogP contribution in [0.25, 0.3) is 10.8 Å². The summed E-state index contributed by atoms with van der Waals surface area (Å²) < 4.78 is 5.22. The van der Waals surface area contributed by atoms with Crippen LogP contribution in [0.4, 0.5) is 10.5 Å². The molecular weight excluding hydrogens is 226 g/mol. The summed E-state index contributed by atoms with van der Waals surface area (Å²) >= 11 is 0. The minimum atomic E-state index is -0.505. The number of hydrogen-bond acceptors (Lipinski definition) is 2. The van der Waals surface area contributed by atoms with Gasteiger partial charge in [0.1, 0.15) is 5.60 Å². The molecule has 1 N–H and O–H groups in total. The van der Waals surface area contributed by atoms with E-state index in [9.17, 15) is 4.79 Å². The zero-order chi connectivity index (χ0) is 13.2. The molecule has 0 heterocycles. The van der Waals surface area contributed by atoms with Crippen molar-refractivity contribution in [1.29, 1.82) is 0 Å². The standard InChI is InChI=1S/C15H16NO2/c1-15(2,3)18-14(17)16-13-10-6-8-11-7-4-5-9-12(11)13/h4-9H,1-3H3,(H,16,17). The van der Waals surface area contributed by atoms with Crippen LogP contribution in [0.3, 0.4) is 0 Å². The van der Waals surface area contributed by atoms with Crippen molar-refractivity contribution in [2.75, 3.05) is 5.32 Å². The van der Waals surface area contributed by atoms with Crippen molar-refractivity contribution < 1.29 is 9.53 Å². The van der Waals surface area contributed by atoms with E-state index in [-0.39, 0.29) is 0 Å². The molecule has 0 bridgehead atoms. The first kappa shape index (κ1) is 12.4. The van der Waals surface area contributed by atoms with Crippen LogP contribution in [0, 0.1) is 6.07 Å². The van der Waals surface area contributed by atoms with Crippen molar-refractivity contribution in [1.82, 2.24) is 0 Å². The molecule has 3 heteroatoms. The summed E-state index contributed by atoms with van der Waals surface area (Å²) in [6, 6.07) is 14.6. The number of hydrogen-bond donors (Lipinski definition) is 1. The number of benzene rings is 2. The SMILES string of the molecule is CC(C)(C)OC(=O)Nc1[c]ccc2ccccc12. The second kappa shape index (κ2) is 4.69. The smallest absolute Gasteiger partial charge is 0.412 e. The van der Waals surface area contributed by atoms with E-state index in [0.29, 0.717) is 5.69 Å². The van der Waals surface area contributed by atoms with E-state index in [1.54, 1.807) is 6.07 Å². The fourth-order valence-electron chi connectivity index (χ4n) is 1.67. The molecule has 18 heavy (non-hydrogen) atoms. The third-order valence-corrected chi connectivity index (χ3v) is 2.35. The van der Waals surface area contributed by atoms with Crippen molar-refractivity contribution >= 4 is 22.6 Å². The molecule has 2 aromatic rings. The Bertz CT molecular complexity index is 565. The van der Waals surface area contributed by atoms with Crippen LogP contribution in [-0.2, 0) is 4.74 Å². The van der Waals surface area contributed by atoms with Crippen molar-refractivity contribution in [3.05, 3.63) is 42.5 Å². The molecule has 3 nitrogen and oxygen atoms in total. The van der Waals surface area contributed by atoms with Gasteiger partial charge in [-0.15, -0.1) is 0 Å². The highest BCUT2D eigenvalue weighted by Gasteiger charge is 2.16. The molecule has 0 saturated heterocycles. The fraction of sp³-hybridized carbons (Fsp3) is 0.267. The first-order chi connectivity index (χ1) is 8.46. The van der Waals surface area contributed by atoms with Crippen LogP contribution >= 0.6 is 0 Å². The average Bonchev–Trinajstić information content (AvgIpc) is 2.27. The molecule has 0 spiro atoms. The van der Waals surface area contributed by atoms with Crippen LogP contribution in [0.5, 0.6) is 0 Å². The van der Waals surface area contributed by atoms with E-state index in [1.165, 1.54) is 0 Å². The quantitative estimate of drug-likeness (QED) is 0.821. The van der Waals surface area contributed by atoms with Gasteiger partial charge < -0.3 is 4.74 Å². The van der Waals surface area contributed by atoms with E-state index in [4.69, 9.17) is 4.74 Å². The molecule has 0 aliphatic rings. The summed E-state index contributed by atoms with van der Waals surface area (Å²) in [7, 11) is 0. The summed E-state index contributed by atoms with van der Waals surface area (Å²) in [5.74, 6) is 0. The van der Waals surface area contributed by atoms with Gasteiger partial charge in [-0.1, -0.05) is 36.4 Å². The Morgan fingerprint density at radius 2 is 1.94 bits per heavy atom. The molecule has 1 amide bonds. The molecule has 0 aromatic heterocycles. The van der Waals surface area contributed by atoms with Crippen molar-refractivity contribution in [3.63, 3.8) is 0 Å². The maximum Gasteiger partial charge on any atom is 0.412 e. The van der Waals surface area contributed by atoms with E-state index in [2.05, 4.69) is 11.4 Å². The van der Waals surface area contributed by atoms with Gasteiger partial charge >= 0.3 is 6.09 Å². The first-order valence-electron chi connectivity index (χ1n) is 5.85. The Morgan fingerprint density at radius 1 is 1.22 bits per heavy atom. The second-order valence-corrected chi connectivity index (χ2v) is 5.07. The predicted octanol–water partition coefficient (Wildman–Crippen LogP) is 3.99. The summed E-state index contributed by atoms with van der Waals surface area (Å²) in [6.45, 7) is 5.50. The maximum absolute atomic E-state index is 11.7. The molecule has 93 valence electrons. The molecule has 2 rings (SSSR count).